The Kier molecular flexibility index (Phi) is 5.16. The van der Waals surface area contributed by atoms with Gasteiger partial charge in [0.1, 0.15) is 0 Å². The molecule has 0 aliphatic rings. The molecule has 0 aliphatic carbocycles. The van der Waals surface area contributed by atoms with E-state index in [0.717, 1.165) is 16.7 Å². The fourth-order valence-corrected chi connectivity index (χ4v) is 2.05. The molecule has 2 rings (SSSR count). The highest BCUT2D eigenvalue weighted by Gasteiger charge is 2.16. The number of methoxy groups -OCH3 is 1. The third-order valence-electron chi connectivity index (χ3n) is 3.02. The average Bonchev–Trinajstić information content (AvgIpc) is 2.52. The van der Waals surface area contributed by atoms with Gasteiger partial charge in [0.25, 0.3) is 0 Å². The van der Waals surface area contributed by atoms with E-state index in [2.05, 4.69) is 0 Å². The van der Waals surface area contributed by atoms with E-state index in [1.165, 1.54) is 6.92 Å². The van der Waals surface area contributed by atoms with Gasteiger partial charge in [-0.3, -0.25) is 4.79 Å². The number of carbonyl (C=O) groups excluding carboxylic acids is 1. The molecule has 0 radical (unpaired) electrons. The zero-order valence-electron chi connectivity index (χ0n) is 12.2. The molecule has 3 heteroatoms. The third kappa shape index (κ3) is 4.21. The van der Waals surface area contributed by atoms with Crippen LogP contribution in [0.1, 0.15) is 29.7 Å². The Morgan fingerprint density at radius 1 is 1.00 bits per heavy atom. The lowest BCUT2D eigenvalue weighted by atomic mass is 10.00. The predicted octanol–water partition coefficient (Wildman–Crippen LogP) is 3.96. The molecule has 0 N–H and O–H groups in total. The van der Waals surface area contributed by atoms with Crippen LogP contribution in [0, 0.1) is 0 Å². The van der Waals surface area contributed by atoms with Crippen molar-refractivity contribution in [2.75, 3.05) is 7.11 Å². The van der Waals surface area contributed by atoms with Crippen LogP contribution in [0.4, 0.5) is 0 Å². The largest absolute Gasteiger partial charge is 0.504 e. The minimum Gasteiger partial charge on any atom is -0.504 e. The molecular formula is C18H18O3. The summed E-state index contributed by atoms with van der Waals surface area (Å²) in [4.78, 5) is 11.4. The molecule has 2 aromatic rings. The Bertz CT molecular complexity index is 600. The van der Waals surface area contributed by atoms with Gasteiger partial charge in [0, 0.05) is 6.92 Å². The van der Waals surface area contributed by atoms with Crippen LogP contribution in [0.2, 0.25) is 0 Å². The third-order valence-corrected chi connectivity index (χ3v) is 3.02. The van der Waals surface area contributed by atoms with Gasteiger partial charge >= 0.3 is 5.97 Å². The standard InChI is InChI=1S/C18H18O3/c1-14(19)21-18(16-6-4-3-5-7-16)17-10-8-15(9-11-17)12-13-20-2/h3-13,18H,1-2H3. The van der Waals surface area contributed by atoms with Crippen LogP contribution in [0.5, 0.6) is 0 Å². The first-order valence-electron chi connectivity index (χ1n) is 6.72. The van der Waals surface area contributed by atoms with E-state index in [1.807, 2.05) is 60.7 Å². The molecule has 0 spiro atoms. The molecule has 3 nitrogen and oxygen atoms in total. The van der Waals surface area contributed by atoms with Gasteiger partial charge in [0.2, 0.25) is 0 Å². The second-order valence-corrected chi connectivity index (χ2v) is 4.61. The lowest BCUT2D eigenvalue weighted by Gasteiger charge is -2.18. The number of rotatable bonds is 5. The van der Waals surface area contributed by atoms with Crippen molar-refractivity contribution in [3.05, 3.63) is 77.5 Å². The van der Waals surface area contributed by atoms with Crippen molar-refractivity contribution in [3.8, 4) is 0 Å². The van der Waals surface area contributed by atoms with Crippen LogP contribution in [0.15, 0.2) is 60.9 Å². The Morgan fingerprint density at radius 2 is 1.62 bits per heavy atom. The zero-order valence-corrected chi connectivity index (χ0v) is 12.2. The van der Waals surface area contributed by atoms with E-state index in [1.54, 1.807) is 13.4 Å². The maximum Gasteiger partial charge on any atom is 0.303 e. The SMILES string of the molecule is COC=Cc1ccc(C(OC(C)=O)c2ccccc2)cc1. The molecule has 0 bridgehead atoms. The minimum absolute atomic E-state index is 0.299. The minimum atomic E-state index is -0.385. The van der Waals surface area contributed by atoms with Crippen molar-refractivity contribution in [2.45, 2.75) is 13.0 Å². The molecule has 108 valence electrons. The normalized spacial score (nSPS) is 12.1. The molecule has 2 aromatic carbocycles. The fraction of sp³-hybridized carbons (Fsp3) is 0.167. The number of hydrogen-bond acceptors (Lipinski definition) is 3. The first-order chi connectivity index (χ1) is 10.2. The van der Waals surface area contributed by atoms with Crippen molar-refractivity contribution in [1.82, 2.24) is 0 Å². The highest BCUT2D eigenvalue weighted by molar-refractivity contribution is 5.67. The molecule has 0 fully saturated rings. The van der Waals surface area contributed by atoms with Gasteiger partial charge in [-0.2, -0.15) is 0 Å². The Morgan fingerprint density at radius 3 is 2.19 bits per heavy atom. The maximum atomic E-state index is 11.4. The number of carbonyl (C=O) groups is 1. The Balaban J connectivity index is 2.29. The molecule has 21 heavy (non-hydrogen) atoms. The first kappa shape index (κ1) is 14.9. The summed E-state index contributed by atoms with van der Waals surface area (Å²) in [5, 5.41) is 0. The smallest absolute Gasteiger partial charge is 0.303 e. The second-order valence-electron chi connectivity index (χ2n) is 4.61. The van der Waals surface area contributed by atoms with E-state index >= 15 is 0 Å². The van der Waals surface area contributed by atoms with Crippen LogP contribution in [0.25, 0.3) is 6.08 Å². The summed E-state index contributed by atoms with van der Waals surface area (Å²) < 4.78 is 10.4. The summed E-state index contributed by atoms with van der Waals surface area (Å²) >= 11 is 0. The van der Waals surface area contributed by atoms with Crippen LogP contribution in [0.3, 0.4) is 0 Å². The van der Waals surface area contributed by atoms with Gasteiger partial charge in [-0.1, -0.05) is 54.6 Å². The summed E-state index contributed by atoms with van der Waals surface area (Å²) in [7, 11) is 1.61. The van der Waals surface area contributed by atoms with Gasteiger partial charge in [-0.05, 0) is 22.8 Å². The van der Waals surface area contributed by atoms with Crippen LogP contribution < -0.4 is 0 Å². The van der Waals surface area contributed by atoms with Crippen molar-refractivity contribution in [3.63, 3.8) is 0 Å². The lowest BCUT2D eigenvalue weighted by molar-refractivity contribution is -0.144. The topological polar surface area (TPSA) is 35.5 Å². The van der Waals surface area contributed by atoms with Crippen molar-refractivity contribution in [2.24, 2.45) is 0 Å². The number of benzene rings is 2. The zero-order chi connectivity index (χ0) is 15.1. The monoisotopic (exact) mass is 282 g/mol. The van der Waals surface area contributed by atoms with E-state index in [4.69, 9.17) is 9.47 Å². The van der Waals surface area contributed by atoms with Gasteiger partial charge < -0.3 is 9.47 Å². The van der Waals surface area contributed by atoms with Gasteiger partial charge in [-0.25, -0.2) is 0 Å². The molecular weight excluding hydrogens is 264 g/mol. The van der Waals surface area contributed by atoms with Gasteiger partial charge in [0.05, 0.1) is 13.4 Å². The molecule has 0 aromatic heterocycles. The molecule has 0 saturated carbocycles. The summed E-state index contributed by atoms with van der Waals surface area (Å²) in [5.74, 6) is -0.299. The predicted molar refractivity (Wildman–Crippen MR) is 82.5 cm³/mol. The average molecular weight is 282 g/mol. The van der Waals surface area contributed by atoms with Crippen LogP contribution >= 0.6 is 0 Å². The first-order valence-corrected chi connectivity index (χ1v) is 6.72. The number of ether oxygens (including phenoxy) is 2. The quantitative estimate of drug-likeness (QED) is 0.615. The Labute approximate surface area is 124 Å². The lowest BCUT2D eigenvalue weighted by Crippen LogP contribution is -2.09. The molecule has 1 unspecified atom stereocenters. The summed E-state index contributed by atoms with van der Waals surface area (Å²) in [5.41, 5.74) is 2.91. The molecule has 0 heterocycles. The maximum absolute atomic E-state index is 11.4. The fourth-order valence-electron chi connectivity index (χ4n) is 2.05. The van der Waals surface area contributed by atoms with Gasteiger partial charge in [-0.15, -0.1) is 0 Å². The molecule has 0 aliphatic heterocycles. The number of esters is 1. The van der Waals surface area contributed by atoms with Gasteiger partial charge in [0.15, 0.2) is 6.10 Å². The van der Waals surface area contributed by atoms with Crippen molar-refractivity contribution < 1.29 is 14.3 Å². The van der Waals surface area contributed by atoms with Crippen molar-refractivity contribution in [1.29, 1.82) is 0 Å². The summed E-state index contributed by atoms with van der Waals surface area (Å²) in [6.07, 6.45) is 3.10. The molecule has 0 amide bonds. The second kappa shape index (κ2) is 7.29. The highest BCUT2D eigenvalue weighted by Crippen LogP contribution is 2.26. The van der Waals surface area contributed by atoms with E-state index in [0.29, 0.717) is 0 Å². The molecule has 0 saturated heterocycles. The van der Waals surface area contributed by atoms with E-state index in [-0.39, 0.29) is 12.1 Å². The van der Waals surface area contributed by atoms with Crippen molar-refractivity contribution >= 4 is 12.0 Å². The van der Waals surface area contributed by atoms with E-state index in [9.17, 15) is 4.79 Å². The Hall–Kier alpha value is -2.55. The summed E-state index contributed by atoms with van der Waals surface area (Å²) in [6.45, 7) is 1.42. The highest BCUT2D eigenvalue weighted by atomic mass is 16.5. The van der Waals surface area contributed by atoms with E-state index < -0.39 is 0 Å². The molecule has 1 atom stereocenters. The van der Waals surface area contributed by atoms with Crippen LogP contribution in [-0.2, 0) is 14.3 Å². The summed E-state index contributed by atoms with van der Waals surface area (Å²) in [6, 6.07) is 17.5. The number of hydrogen-bond donors (Lipinski definition) is 0. The van der Waals surface area contributed by atoms with Crippen LogP contribution in [-0.4, -0.2) is 13.1 Å².